The molecule has 0 atom stereocenters. The van der Waals surface area contributed by atoms with Crippen molar-refractivity contribution in [1.29, 1.82) is 0 Å². The summed E-state index contributed by atoms with van der Waals surface area (Å²) < 4.78 is 6.06. The maximum absolute atomic E-state index is 12.3. The fourth-order valence-electron chi connectivity index (χ4n) is 2.01. The quantitative estimate of drug-likeness (QED) is 0.533. The largest absolute Gasteiger partial charge is 0.496 e. The Morgan fingerprint density at radius 2 is 1.90 bits per heavy atom. The van der Waals surface area contributed by atoms with Crippen LogP contribution >= 0.6 is 27.7 Å². The topological polar surface area (TPSA) is 26.3 Å². The molecule has 0 bridgehead atoms. The molecule has 0 aliphatic rings. The van der Waals surface area contributed by atoms with Crippen LogP contribution in [-0.4, -0.2) is 18.6 Å². The van der Waals surface area contributed by atoms with Crippen molar-refractivity contribution in [1.82, 2.24) is 0 Å². The van der Waals surface area contributed by atoms with Crippen molar-refractivity contribution in [2.45, 2.75) is 18.2 Å². The number of hydrogen-bond donors (Lipinski definition) is 0. The molecule has 21 heavy (non-hydrogen) atoms. The van der Waals surface area contributed by atoms with Gasteiger partial charge >= 0.3 is 0 Å². The molecule has 0 radical (unpaired) electrons. The minimum Gasteiger partial charge on any atom is -0.496 e. The summed E-state index contributed by atoms with van der Waals surface area (Å²) in [6.45, 7) is 2.12. The first kappa shape index (κ1) is 16.1. The summed E-state index contributed by atoms with van der Waals surface area (Å²) >= 11 is 5.22. The number of halogens is 1. The highest BCUT2D eigenvalue weighted by molar-refractivity contribution is 9.10. The van der Waals surface area contributed by atoms with E-state index >= 15 is 0 Å². The third kappa shape index (κ3) is 4.35. The number of rotatable bonds is 6. The zero-order chi connectivity index (χ0) is 15.2. The van der Waals surface area contributed by atoms with E-state index in [9.17, 15) is 4.79 Å². The number of Topliss-reactive ketones (excluding diaryl/α,β-unsaturated/α-hetero) is 1. The number of benzene rings is 2. The molecular formula is C17H17BrO2S. The van der Waals surface area contributed by atoms with Crippen molar-refractivity contribution in [3.63, 3.8) is 0 Å². The van der Waals surface area contributed by atoms with Crippen molar-refractivity contribution in [2.24, 2.45) is 0 Å². The molecule has 0 aromatic heterocycles. The van der Waals surface area contributed by atoms with Crippen LogP contribution in [0.15, 0.2) is 51.8 Å². The van der Waals surface area contributed by atoms with Gasteiger partial charge in [-0.15, -0.1) is 11.8 Å². The summed E-state index contributed by atoms with van der Waals surface area (Å²) in [6, 6.07) is 13.5. The van der Waals surface area contributed by atoms with Gasteiger partial charge in [0.1, 0.15) is 5.75 Å². The maximum atomic E-state index is 12.3. The Kier molecular flexibility index (Phi) is 5.88. The van der Waals surface area contributed by atoms with Crippen LogP contribution in [0.1, 0.15) is 22.8 Å². The van der Waals surface area contributed by atoms with Crippen molar-refractivity contribution in [3.05, 3.63) is 58.1 Å². The molecule has 0 fully saturated rings. The van der Waals surface area contributed by atoms with Crippen LogP contribution in [0.4, 0.5) is 0 Å². The van der Waals surface area contributed by atoms with E-state index in [2.05, 4.69) is 22.9 Å². The Morgan fingerprint density at radius 1 is 1.19 bits per heavy atom. The monoisotopic (exact) mass is 364 g/mol. The van der Waals surface area contributed by atoms with Gasteiger partial charge < -0.3 is 4.74 Å². The lowest BCUT2D eigenvalue weighted by molar-refractivity contribution is 0.0993. The summed E-state index contributed by atoms with van der Waals surface area (Å²) in [6.07, 6.45) is 0.392. The van der Waals surface area contributed by atoms with Gasteiger partial charge in [-0.05, 0) is 51.5 Å². The van der Waals surface area contributed by atoms with Crippen molar-refractivity contribution < 1.29 is 9.53 Å². The first-order chi connectivity index (χ1) is 10.1. The maximum Gasteiger partial charge on any atom is 0.167 e. The highest BCUT2D eigenvalue weighted by atomic mass is 79.9. The molecule has 0 heterocycles. The predicted octanol–water partition coefficient (Wildman–Crippen LogP) is 5.00. The van der Waals surface area contributed by atoms with Crippen molar-refractivity contribution in [3.8, 4) is 5.75 Å². The zero-order valence-corrected chi connectivity index (χ0v) is 14.5. The molecule has 0 saturated carbocycles. The Balaban J connectivity index is 2.08. The molecule has 2 nitrogen and oxygen atoms in total. The van der Waals surface area contributed by atoms with E-state index in [1.165, 1.54) is 4.90 Å². The van der Waals surface area contributed by atoms with E-state index in [1.807, 2.05) is 42.5 Å². The third-order valence-corrected chi connectivity index (χ3v) is 4.58. The summed E-state index contributed by atoms with van der Waals surface area (Å²) in [4.78, 5) is 13.5. The Labute approximate surface area is 138 Å². The van der Waals surface area contributed by atoms with E-state index in [0.717, 1.165) is 27.1 Å². The van der Waals surface area contributed by atoms with Gasteiger partial charge in [0.25, 0.3) is 0 Å². The van der Waals surface area contributed by atoms with E-state index in [1.54, 1.807) is 18.9 Å². The second-order valence-corrected chi connectivity index (χ2v) is 6.72. The van der Waals surface area contributed by atoms with Gasteiger partial charge in [-0.3, -0.25) is 4.79 Å². The fraction of sp³-hybridized carbons (Fsp3) is 0.235. The van der Waals surface area contributed by atoms with Crippen LogP contribution in [0.2, 0.25) is 0 Å². The summed E-state index contributed by atoms with van der Waals surface area (Å²) in [5.74, 6) is 1.93. The van der Waals surface area contributed by atoms with E-state index in [-0.39, 0.29) is 5.78 Å². The number of ether oxygens (including phenoxy) is 1. The minimum atomic E-state index is 0.125. The molecule has 2 rings (SSSR count). The molecule has 0 amide bonds. The highest BCUT2D eigenvalue weighted by Crippen LogP contribution is 2.26. The van der Waals surface area contributed by atoms with Crippen LogP contribution in [0.25, 0.3) is 0 Å². The first-order valence-corrected chi connectivity index (χ1v) is 8.50. The lowest BCUT2D eigenvalue weighted by atomic mass is 10.0. The van der Waals surface area contributed by atoms with E-state index in [4.69, 9.17) is 4.74 Å². The molecule has 0 spiro atoms. The van der Waals surface area contributed by atoms with Gasteiger partial charge in [-0.1, -0.05) is 25.1 Å². The number of methoxy groups -OCH3 is 1. The fourth-order valence-corrected chi connectivity index (χ4v) is 3.26. The van der Waals surface area contributed by atoms with Gasteiger partial charge in [-0.2, -0.15) is 0 Å². The average Bonchev–Trinajstić information content (AvgIpc) is 2.48. The molecule has 0 aliphatic heterocycles. The second-order valence-electron chi connectivity index (χ2n) is 4.53. The highest BCUT2D eigenvalue weighted by Gasteiger charge is 2.09. The standard InChI is InChI=1S/C17H17BrO2S/c1-3-21-14-7-5-13(6-8-14)16(19)11-12-4-9-17(20-2)15(18)10-12/h4-10H,3,11H2,1-2H3. The second kappa shape index (κ2) is 7.66. The van der Waals surface area contributed by atoms with Crippen LogP contribution in [0, 0.1) is 0 Å². The average molecular weight is 365 g/mol. The lowest BCUT2D eigenvalue weighted by Crippen LogP contribution is -2.03. The Bertz CT molecular complexity index is 623. The van der Waals surface area contributed by atoms with Gasteiger partial charge in [0.15, 0.2) is 5.78 Å². The Morgan fingerprint density at radius 3 is 2.48 bits per heavy atom. The number of ketones is 1. The summed E-state index contributed by atoms with van der Waals surface area (Å²) in [5, 5.41) is 0. The van der Waals surface area contributed by atoms with Crippen molar-refractivity contribution in [2.75, 3.05) is 12.9 Å². The molecule has 2 aromatic rings. The molecule has 110 valence electrons. The van der Waals surface area contributed by atoms with Gasteiger partial charge in [0.2, 0.25) is 0 Å². The van der Waals surface area contributed by atoms with Crippen LogP contribution in [0.5, 0.6) is 5.75 Å². The van der Waals surface area contributed by atoms with Crippen molar-refractivity contribution >= 4 is 33.5 Å². The summed E-state index contributed by atoms with van der Waals surface area (Å²) in [5.41, 5.74) is 1.72. The van der Waals surface area contributed by atoms with E-state index < -0.39 is 0 Å². The van der Waals surface area contributed by atoms with Crippen LogP contribution < -0.4 is 4.74 Å². The SMILES string of the molecule is CCSc1ccc(C(=O)Cc2ccc(OC)c(Br)c2)cc1. The minimum absolute atomic E-state index is 0.125. The van der Waals surface area contributed by atoms with Gasteiger partial charge in [0, 0.05) is 16.9 Å². The molecular weight excluding hydrogens is 348 g/mol. The predicted molar refractivity (Wildman–Crippen MR) is 91.6 cm³/mol. The van der Waals surface area contributed by atoms with Crippen LogP contribution in [0.3, 0.4) is 0 Å². The number of carbonyl (C=O) groups excluding carboxylic acids is 1. The van der Waals surface area contributed by atoms with E-state index in [0.29, 0.717) is 6.42 Å². The number of hydrogen-bond acceptors (Lipinski definition) is 3. The summed E-state index contributed by atoms with van der Waals surface area (Å²) in [7, 11) is 1.63. The molecule has 0 aliphatic carbocycles. The van der Waals surface area contributed by atoms with Crippen LogP contribution in [-0.2, 0) is 6.42 Å². The number of thioether (sulfide) groups is 1. The normalized spacial score (nSPS) is 10.4. The third-order valence-electron chi connectivity index (χ3n) is 3.07. The smallest absolute Gasteiger partial charge is 0.167 e. The molecule has 4 heteroatoms. The van der Waals surface area contributed by atoms with Gasteiger partial charge in [-0.25, -0.2) is 0 Å². The molecule has 2 aromatic carbocycles. The Hall–Kier alpha value is -1.26. The molecule has 0 unspecified atom stereocenters. The van der Waals surface area contributed by atoms with Gasteiger partial charge in [0.05, 0.1) is 11.6 Å². The number of carbonyl (C=O) groups is 1. The lowest BCUT2D eigenvalue weighted by Gasteiger charge is -2.06. The molecule has 0 saturated heterocycles. The zero-order valence-electron chi connectivity index (χ0n) is 12.1. The molecule has 0 N–H and O–H groups in total. The first-order valence-electron chi connectivity index (χ1n) is 6.72.